The van der Waals surface area contributed by atoms with Gasteiger partial charge >= 0.3 is 0 Å². The van der Waals surface area contributed by atoms with Gasteiger partial charge in [-0.2, -0.15) is 4.31 Å². The van der Waals surface area contributed by atoms with Gasteiger partial charge in [0.2, 0.25) is 15.9 Å². The smallest absolute Gasteiger partial charge is 0.255 e. The van der Waals surface area contributed by atoms with Crippen molar-refractivity contribution >= 4 is 27.5 Å². The lowest BCUT2D eigenvalue weighted by atomic mass is 10.2. The molecule has 1 aliphatic rings. The highest BCUT2D eigenvalue weighted by Gasteiger charge is 2.29. The molecule has 2 amide bonds. The number of anilines is 1. The second-order valence-electron chi connectivity index (χ2n) is 5.79. The van der Waals surface area contributed by atoms with E-state index < -0.39 is 33.5 Å². The maximum atomic E-state index is 13.7. The lowest BCUT2D eigenvalue weighted by molar-refractivity contribution is -0.122. The van der Waals surface area contributed by atoms with Crippen molar-refractivity contribution in [3.63, 3.8) is 0 Å². The third kappa shape index (κ3) is 4.12. The molecule has 142 valence electrons. The van der Waals surface area contributed by atoms with Crippen LogP contribution in [0.1, 0.15) is 10.4 Å². The van der Waals surface area contributed by atoms with Crippen LogP contribution in [-0.2, 0) is 14.8 Å². The molecule has 3 rings (SSSR count). The van der Waals surface area contributed by atoms with Crippen LogP contribution < -0.4 is 10.6 Å². The number of hydrogen-bond acceptors (Lipinski definition) is 4. The highest BCUT2D eigenvalue weighted by Crippen LogP contribution is 2.20. The lowest BCUT2D eigenvalue weighted by Crippen LogP contribution is -2.49. The fraction of sp³-hybridized carbons (Fsp3) is 0.176. The minimum Gasteiger partial charge on any atom is -0.354 e. The highest BCUT2D eigenvalue weighted by atomic mass is 32.2. The molecule has 2 aromatic carbocycles. The van der Waals surface area contributed by atoms with Crippen LogP contribution >= 0.6 is 0 Å². The first-order chi connectivity index (χ1) is 12.8. The summed E-state index contributed by atoms with van der Waals surface area (Å²) in [6, 6.07) is 7.84. The molecule has 0 aliphatic carbocycles. The van der Waals surface area contributed by atoms with Crippen LogP contribution in [0.2, 0.25) is 0 Å². The second kappa shape index (κ2) is 7.41. The Morgan fingerprint density at radius 2 is 1.93 bits per heavy atom. The van der Waals surface area contributed by atoms with E-state index in [0.717, 1.165) is 22.5 Å². The number of carbonyl (C=O) groups excluding carboxylic acids is 2. The number of carbonyl (C=O) groups is 2. The quantitative estimate of drug-likeness (QED) is 0.817. The monoisotopic (exact) mass is 395 g/mol. The van der Waals surface area contributed by atoms with Crippen molar-refractivity contribution in [3.05, 3.63) is 59.7 Å². The molecule has 1 fully saturated rings. The summed E-state index contributed by atoms with van der Waals surface area (Å²) in [7, 11) is -3.97. The molecule has 0 spiro atoms. The maximum Gasteiger partial charge on any atom is 0.255 e. The minimum absolute atomic E-state index is 0.0266. The van der Waals surface area contributed by atoms with E-state index >= 15 is 0 Å². The number of halogens is 2. The average molecular weight is 395 g/mol. The van der Waals surface area contributed by atoms with Gasteiger partial charge in [-0.25, -0.2) is 17.2 Å². The van der Waals surface area contributed by atoms with E-state index in [9.17, 15) is 26.8 Å². The molecule has 1 heterocycles. The van der Waals surface area contributed by atoms with Gasteiger partial charge in [0.1, 0.15) is 11.6 Å². The number of rotatable bonds is 4. The molecule has 27 heavy (non-hydrogen) atoms. The predicted molar refractivity (Wildman–Crippen MR) is 92.5 cm³/mol. The topological polar surface area (TPSA) is 95.6 Å². The fourth-order valence-corrected chi connectivity index (χ4v) is 4.00. The zero-order chi connectivity index (χ0) is 19.6. The lowest BCUT2D eigenvalue weighted by Gasteiger charge is -2.26. The van der Waals surface area contributed by atoms with Crippen molar-refractivity contribution in [3.8, 4) is 0 Å². The van der Waals surface area contributed by atoms with E-state index in [-0.39, 0.29) is 35.8 Å². The summed E-state index contributed by atoms with van der Waals surface area (Å²) >= 11 is 0. The Morgan fingerprint density at radius 3 is 2.63 bits per heavy atom. The summed E-state index contributed by atoms with van der Waals surface area (Å²) in [6.07, 6.45) is 0. The summed E-state index contributed by atoms with van der Waals surface area (Å²) in [5, 5.41) is 4.80. The molecule has 2 aromatic rings. The van der Waals surface area contributed by atoms with Crippen LogP contribution in [0.5, 0.6) is 0 Å². The Balaban J connectivity index is 1.84. The summed E-state index contributed by atoms with van der Waals surface area (Å²) in [6.45, 7) is 0.00687. The van der Waals surface area contributed by atoms with Gasteiger partial charge in [-0.15, -0.1) is 0 Å². The first kappa shape index (κ1) is 18.9. The van der Waals surface area contributed by atoms with E-state index in [4.69, 9.17) is 0 Å². The molecule has 1 aliphatic heterocycles. The van der Waals surface area contributed by atoms with Gasteiger partial charge in [-0.3, -0.25) is 9.59 Å². The predicted octanol–water partition coefficient (Wildman–Crippen LogP) is 1.34. The highest BCUT2D eigenvalue weighted by molar-refractivity contribution is 7.89. The van der Waals surface area contributed by atoms with Gasteiger partial charge in [0, 0.05) is 24.7 Å². The van der Waals surface area contributed by atoms with E-state index in [1.165, 1.54) is 18.2 Å². The van der Waals surface area contributed by atoms with Crippen molar-refractivity contribution in [1.82, 2.24) is 9.62 Å². The zero-order valence-corrected chi connectivity index (χ0v) is 14.7. The summed E-state index contributed by atoms with van der Waals surface area (Å²) in [5.41, 5.74) is -0.261. The molecular formula is C17H15F2N3O4S. The largest absolute Gasteiger partial charge is 0.354 e. The van der Waals surface area contributed by atoms with Gasteiger partial charge in [-0.05, 0) is 30.3 Å². The average Bonchev–Trinajstić information content (AvgIpc) is 2.64. The minimum atomic E-state index is -3.97. The molecule has 0 aromatic heterocycles. The zero-order valence-electron chi connectivity index (χ0n) is 13.9. The SMILES string of the molecule is O=C1CN(S(=O)(=O)c2cccc(C(=O)Nc3ccc(F)cc3F)c2)CCN1. The van der Waals surface area contributed by atoms with Gasteiger partial charge in [0.25, 0.3) is 5.91 Å². The van der Waals surface area contributed by atoms with Crippen molar-refractivity contribution in [2.24, 2.45) is 0 Å². The van der Waals surface area contributed by atoms with Crippen molar-refractivity contribution in [2.45, 2.75) is 4.90 Å². The van der Waals surface area contributed by atoms with E-state index in [1.54, 1.807) is 0 Å². The second-order valence-corrected chi connectivity index (χ2v) is 7.73. The first-order valence-corrected chi connectivity index (χ1v) is 9.35. The van der Waals surface area contributed by atoms with E-state index in [1.807, 2.05) is 0 Å². The third-order valence-electron chi connectivity index (χ3n) is 3.92. The number of benzene rings is 2. The Morgan fingerprint density at radius 1 is 1.15 bits per heavy atom. The van der Waals surface area contributed by atoms with Crippen LogP contribution in [0.15, 0.2) is 47.4 Å². The number of hydrogen-bond donors (Lipinski definition) is 2. The van der Waals surface area contributed by atoms with Crippen LogP contribution in [0.3, 0.4) is 0 Å². The number of sulfonamides is 1. The molecule has 0 atom stereocenters. The van der Waals surface area contributed by atoms with Crippen LogP contribution in [0, 0.1) is 11.6 Å². The Kier molecular flexibility index (Phi) is 5.19. The summed E-state index contributed by atoms with van der Waals surface area (Å²) in [5.74, 6) is -2.91. The molecule has 0 saturated carbocycles. The van der Waals surface area contributed by atoms with E-state index in [0.29, 0.717) is 6.07 Å². The van der Waals surface area contributed by atoms with Gasteiger partial charge in [0.15, 0.2) is 0 Å². The first-order valence-electron chi connectivity index (χ1n) is 7.91. The van der Waals surface area contributed by atoms with Crippen molar-refractivity contribution in [2.75, 3.05) is 25.0 Å². The van der Waals surface area contributed by atoms with Gasteiger partial charge in [-0.1, -0.05) is 6.07 Å². The number of piperazine rings is 1. The fourth-order valence-electron chi connectivity index (χ4n) is 2.55. The molecule has 2 N–H and O–H groups in total. The van der Waals surface area contributed by atoms with Gasteiger partial charge in [0.05, 0.1) is 17.1 Å². The normalized spacial score (nSPS) is 15.3. The van der Waals surface area contributed by atoms with Crippen LogP contribution in [-0.4, -0.2) is 44.2 Å². The maximum absolute atomic E-state index is 13.7. The van der Waals surface area contributed by atoms with E-state index in [2.05, 4.69) is 10.6 Å². The van der Waals surface area contributed by atoms with Gasteiger partial charge < -0.3 is 10.6 Å². The standard InChI is InChI=1S/C17H15F2N3O4S/c18-12-4-5-15(14(19)9-12)21-17(24)11-2-1-3-13(8-11)27(25,26)22-7-6-20-16(23)10-22/h1-5,8-9H,6-7,10H2,(H,20,23)(H,21,24). The number of amides is 2. The van der Waals surface area contributed by atoms with Crippen molar-refractivity contribution in [1.29, 1.82) is 0 Å². The molecule has 1 saturated heterocycles. The summed E-state index contributed by atoms with van der Waals surface area (Å²) < 4.78 is 53.0. The number of nitrogens with zero attached hydrogens (tertiary/aromatic N) is 1. The molecule has 0 bridgehead atoms. The summed E-state index contributed by atoms with van der Waals surface area (Å²) in [4.78, 5) is 23.6. The third-order valence-corrected chi connectivity index (χ3v) is 5.76. The Labute approximate surface area is 154 Å². The molecule has 0 unspecified atom stereocenters. The molecular weight excluding hydrogens is 380 g/mol. The number of nitrogens with one attached hydrogen (secondary N) is 2. The Bertz CT molecular complexity index is 1010. The molecule has 10 heteroatoms. The van der Waals surface area contributed by atoms with Crippen LogP contribution in [0.4, 0.5) is 14.5 Å². The van der Waals surface area contributed by atoms with Crippen molar-refractivity contribution < 1.29 is 26.8 Å². The Hall–Kier alpha value is -2.85. The molecule has 0 radical (unpaired) electrons. The van der Waals surface area contributed by atoms with Crippen LogP contribution in [0.25, 0.3) is 0 Å². The molecule has 7 nitrogen and oxygen atoms in total.